The lowest BCUT2D eigenvalue weighted by Crippen LogP contribution is -2.33. The number of fused-ring (bicyclic) bond motifs is 3. The Morgan fingerprint density at radius 1 is 1.37 bits per heavy atom. The third-order valence-electron chi connectivity index (χ3n) is 4.53. The van der Waals surface area contributed by atoms with Gasteiger partial charge in [-0.05, 0) is 31.0 Å². The molecule has 3 N–H and O–H groups in total. The molecule has 1 saturated carbocycles. The topological polar surface area (TPSA) is 81.1 Å². The Balaban J connectivity index is 1.77. The largest absolute Gasteiger partial charge is 0.368 e. The van der Waals surface area contributed by atoms with E-state index in [1.807, 2.05) is 12.4 Å². The second-order valence-electron chi connectivity index (χ2n) is 5.84. The summed E-state index contributed by atoms with van der Waals surface area (Å²) < 4.78 is 2.23. The minimum Gasteiger partial charge on any atom is -0.368 e. The van der Waals surface area contributed by atoms with Crippen molar-refractivity contribution in [3.63, 3.8) is 0 Å². The molecule has 5 atom stereocenters. The Hall–Kier alpha value is -1.69. The lowest BCUT2D eigenvalue weighted by Gasteiger charge is -2.25. The lowest BCUT2D eigenvalue weighted by atomic mass is 9.96. The molecule has 3 heterocycles. The molecule has 0 aromatic carbocycles. The van der Waals surface area contributed by atoms with Crippen molar-refractivity contribution < 1.29 is 0 Å². The van der Waals surface area contributed by atoms with Gasteiger partial charge >= 0.3 is 0 Å². The van der Waals surface area contributed by atoms with Gasteiger partial charge in [0.2, 0.25) is 0 Å². The highest BCUT2D eigenvalue weighted by Gasteiger charge is 2.38. The Labute approximate surface area is 111 Å². The minimum absolute atomic E-state index is 0.0904. The molecule has 1 aliphatic carbocycles. The van der Waals surface area contributed by atoms with Crippen molar-refractivity contribution in [3.05, 3.63) is 23.9 Å². The zero-order valence-electron chi connectivity index (χ0n) is 10.9. The van der Waals surface area contributed by atoms with Gasteiger partial charge in [-0.25, -0.2) is 0 Å². The van der Waals surface area contributed by atoms with Crippen LogP contribution in [0.15, 0.2) is 17.3 Å². The molecule has 100 valence electrons. The second kappa shape index (κ2) is 3.90. The van der Waals surface area contributed by atoms with Crippen molar-refractivity contribution in [2.45, 2.75) is 43.9 Å². The molecule has 19 heavy (non-hydrogen) atoms. The molecule has 4 rings (SSSR count). The van der Waals surface area contributed by atoms with E-state index in [-0.39, 0.29) is 12.2 Å². The van der Waals surface area contributed by atoms with Crippen LogP contribution >= 0.6 is 0 Å². The Kier molecular flexibility index (Phi) is 2.29. The fraction of sp³-hybridized carbons (Fsp3) is 0.615. The number of aromatic nitrogens is 3. The van der Waals surface area contributed by atoms with Crippen LogP contribution < -0.4 is 11.1 Å². The summed E-state index contributed by atoms with van der Waals surface area (Å²) in [4.78, 5) is 4.46. The molecule has 3 aliphatic rings. The van der Waals surface area contributed by atoms with Crippen LogP contribution in [0.5, 0.6) is 0 Å². The highest BCUT2D eigenvalue weighted by molar-refractivity contribution is 5.76. The molecule has 2 aliphatic heterocycles. The highest BCUT2D eigenvalue weighted by Crippen LogP contribution is 2.40. The zero-order chi connectivity index (χ0) is 13.0. The molecular formula is C13H18N6. The van der Waals surface area contributed by atoms with Gasteiger partial charge in [-0.15, -0.1) is 10.2 Å². The first-order valence-corrected chi connectivity index (χ1v) is 6.90. The van der Waals surface area contributed by atoms with Crippen molar-refractivity contribution in [1.82, 2.24) is 20.1 Å². The van der Waals surface area contributed by atoms with Crippen molar-refractivity contribution in [2.75, 3.05) is 0 Å². The average molecular weight is 258 g/mol. The van der Waals surface area contributed by atoms with Crippen LogP contribution in [-0.4, -0.2) is 33.2 Å². The van der Waals surface area contributed by atoms with Crippen LogP contribution in [0.1, 0.15) is 43.4 Å². The van der Waals surface area contributed by atoms with Gasteiger partial charge in [-0.3, -0.25) is 9.56 Å². The Bertz CT molecular complexity index is 559. The van der Waals surface area contributed by atoms with Gasteiger partial charge in [0.1, 0.15) is 12.0 Å². The van der Waals surface area contributed by atoms with Gasteiger partial charge < -0.3 is 11.1 Å². The first kappa shape index (κ1) is 11.2. The van der Waals surface area contributed by atoms with Gasteiger partial charge in [0, 0.05) is 12.0 Å². The lowest BCUT2D eigenvalue weighted by molar-refractivity contribution is 0.421. The van der Waals surface area contributed by atoms with E-state index in [1.54, 1.807) is 0 Å². The number of nitrogens with two attached hydrogens (primary N) is 1. The van der Waals surface area contributed by atoms with Crippen molar-refractivity contribution in [1.29, 1.82) is 0 Å². The molecule has 6 heteroatoms. The van der Waals surface area contributed by atoms with Gasteiger partial charge in [-0.1, -0.05) is 6.92 Å². The number of aliphatic imine (C=N–C) groups is 1. The zero-order valence-corrected chi connectivity index (χ0v) is 10.9. The number of nitrogens with zero attached hydrogens (tertiary/aromatic N) is 4. The monoisotopic (exact) mass is 258 g/mol. The van der Waals surface area contributed by atoms with Crippen molar-refractivity contribution >= 4 is 6.21 Å². The number of hydrogen-bond donors (Lipinski definition) is 2. The molecule has 0 bridgehead atoms. The second-order valence-corrected chi connectivity index (χ2v) is 5.84. The summed E-state index contributed by atoms with van der Waals surface area (Å²) in [6, 6.07) is 0.493. The first-order valence-electron chi connectivity index (χ1n) is 6.90. The summed E-state index contributed by atoms with van der Waals surface area (Å²) in [6.45, 7) is 2.26. The molecule has 0 spiro atoms. The fourth-order valence-electron chi connectivity index (χ4n) is 3.58. The highest BCUT2D eigenvalue weighted by atomic mass is 15.3. The molecular weight excluding hydrogens is 240 g/mol. The molecule has 0 amide bonds. The maximum atomic E-state index is 6.09. The smallest absolute Gasteiger partial charge is 0.175 e. The van der Waals surface area contributed by atoms with E-state index >= 15 is 0 Å². The van der Waals surface area contributed by atoms with Gasteiger partial charge in [0.05, 0.1) is 12.3 Å². The molecule has 0 saturated heterocycles. The molecule has 1 aromatic rings. The standard InChI is InChI=1S/C13H18N6/c1-7-4-8(14)5-9(7)13-18-17-11-6-16-12-10(19(11)13)2-3-15-12/h2-3,6-10,12,15H,4-5,14H2,1H3/t7-,8+,9+,10?,12?/m1/s1. The minimum atomic E-state index is 0.0904. The average Bonchev–Trinajstić information content (AvgIpc) is 3.05. The molecule has 2 unspecified atom stereocenters. The summed E-state index contributed by atoms with van der Waals surface area (Å²) in [6.07, 6.45) is 8.09. The maximum absolute atomic E-state index is 6.09. The predicted molar refractivity (Wildman–Crippen MR) is 71.8 cm³/mol. The van der Waals surface area contributed by atoms with Crippen LogP contribution in [0.2, 0.25) is 0 Å². The van der Waals surface area contributed by atoms with Crippen LogP contribution in [0, 0.1) is 5.92 Å². The number of hydrogen-bond acceptors (Lipinski definition) is 5. The molecule has 6 nitrogen and oxygen atoms in total. The molecule has 0 radical (unpaired) electrons. The van der Waals surface area contributed by atoms with Crippen LogP contribution in [0.4, 0.5) is 0 Å². The van der Waals surface area contributed by atoms with E-state index in [1.165, 1.54) is 0 Å². The van der Waals surface area contributed by atoms with Gasteiger partial charge in [0.15, 0.2) is 5.82 Å². The summed E-state index contributed by atoms with van der Waals surface area (Å²) in [7, 11) is 0. The summed E-state index contributed by atoms with van der Waals surface area (Å²) in [5.74, 6) is 2.92. The third-order valence-corrected chi connectivity index (χ3v) is 4.53. The van der Waals surface area contributed by atoms with Crippen molar-refractivity contribution in [3.8, 4) is 0 Å². The van der Waals surface area contributed by atoms with E-state index in [0.29, 0.717) is 17.9 Å². The summed E-state index contributed by atoms with van der Waals surface area (Å²) in [5.41, 5.74) is 6.09. The Morgan fingerprint density at radius 3 is 3.05 bits per heavy atom. The summed E-state index contributed by atoms with van der Waals surface area (Å²) >= 11 is 0. The van der Waals surface area contributed by atoms with Gasteiger partial charge in [-0.2, -0.15) is 0 Å². The van der Waals surface area contributed by atoms with Crippen molar-refractivity contribution in [2.24, 2.45) is 16.6 Å². The van der Waals surface area contributed by atoms with E-state index in [9.17, 15) is 0 Å². The van der Waals surface area contributed by atoms with E-state index in [2.05, 4.69) is 38.1 Å². The normalized spacial score (nSPS) is 39.2. The quantitative estimate of drug-likeness (QED) is 0.770. The number of nitrogens with one attached hydrogen (secondary N) is 1. The SMILES string of the molecule is C[C@@H]1C[C@H](N)C[C@@H]1c1nnc2n1C1C=CNC1N=C2. The van der Waals surface area contributed by atoms with Crippen LogP contribution in [0.3, 0.4) is 0 Å². The van der Waals surface area contributed by atoms with E-state index < -0.39 is 0 Å². The van der Waals surface area contributed by atoms with Gasteiger partial charge in [0.25, 0.3) is 0 Å². The molecule has 1 fully saturated rings. The van der Waals surface area contributed by atoms with Crippen LogP contribution in [-0.2, 0) is 0 Å². The Morgan fingerprint density at radius 2 is 2.26 bits per heavy atom. The summed E-state index contributed by atoms with van der Waals surface area (Å²) in [5, 5.41) is 12.0. The molecule has 1 aromatic heterocycles. The first-order chi connectivity index (χ1) is 9.24. The predicted octanol–water partition coefficient (Wildman–Crippen LogP) is 0.535. The van der Waals surface area contributed by atoms with Crippen LogP contribution in [0.25, 0.3) is 0 Å². The number of rotatable bonds is 1. The van der Waals surface area contributed by atoms with E-state index in [0.717, 1.165) is 24.5 Å². The third kappa shape index (κ3) is 1.56. The maximum Gasteiger partial charge on any atom is 0.175 e. The fourth-order valence-corrected chi connectivity index (χ4v) is 3.58. The van der Waals surface area contributed by atoms with E-state index in [4.69, 9.17) is 5.73 Å².